The van der Waals surface area contributed by atoms with Crippen LogP contribution in [0.4, 0.5) is 14.5 Å². The van der Waals surface area contributed by atoms with E-state index in [4.69, 9.17) is 11.6 Å². The maximum atomic E-state index is 13.2. The van der Waals surface area contributed by atoms with Crippen LogP contribution in [0.5, 0.6) is 0 Å². The van der Waals surface area contributed by atoms with Crippen LogP contribution in [0.15, 0.2) is 53.4 Å². The summed E-state index contributed by atoms with van der Waals surface area (Å²) in [7, 11) is -4.15. The zero-order chi connectivity index (χ0) is 16.6. The standard InChI is InChI=1S/C15H9ClF2N2O2S/c16-15-5-4-12-13(19-15)2-1-3-14(12)20-23(21,22)11-7-9(17)6-10(18)8-11/h1-8,20H. The molecule has 1 N–H and O–H groups in total. The number of anilines is 1. The molecule has 0 saturated carbocycles. The fourth-order valence-electron chi connectivity index (χ4n) is 2.11. The first-order chi connectivity index (χ1) is 10.8. The highest BCUT2D eigenvalue weighted by Crippen LogP contribution is 2.26. The van der Waals surface area contributed by atoms with E-state index >= 15 is 0 Å². The number of hydrogen-bond acceptors (Lipinski definition) is 3. The van der Waals surface area contributed by atoms with Gasteiger partial charge in [-0.25, -0.2) is 22.2 Å². The molecule has 0 radical (unpaired) electrons. The largest absolute Gasteiger partial charge is 0.279 e. The lowest BCUT2D eigenvalue weighted by molar-refractivity contribution is 0.568. The second kappa shape index (κ2) is 5.75. The van der Waals surface area contributed by atoms with Crippen LogP contribution in [0.2, 0.25) is 5.15 Å². The van der Waals surface area contributed by atoms with Gasteiger partial charge in [-0.3, -0.25) is 4.72 Å². The lowest BCUT2D eigenvalue weighted by Crippen LogP contribution is -2.14. The van der Waals surface area contributed by atoms with E-state index in [0.29, 0.717) is 17.0 Å². The third-order valence-electron chi connectivity index (χ3n) is 3.09. The van der Waals surface area contributed by atoms with Gasteiger partial charge >= 0.3 is 0 Å². The molecule has 0 aliphatic rings. The topological polar surface area (TPSA) is 59.1 Å². The summed E-state index contributed by atoms with van der Waals surface area (Å²) in [4.78, 5) is 3.57. The van der Waals surface area contributed by atoms with E-state index < -0.39 is 26.6 Å². The van der Waals surface area contributed by atoms with E-state index in [1.54, 1.807) is 18.2 Å². The average Bonchev–Trinajstić information content (AvgIpc) is 2.45. The Balaban J connectivity index is 2.07. The molecule has 0 atom stereocenters. The number of aromatic nitrogens is 1. The summed E-state index contributed by atoms with van der Waals surface area (Å²) in [6, 6.07) is 9.99. The fraction of sp³-hybridized carbons (Fsp3) is 0. The van der Waals surface area contributed by atoms with Gasteiger partial charge in [0.15, 0.2) is 0 Å². The smallest absolute Gasteiger partial charge is 0.262 e. The van der Waals surface area contributed by atoms with Crippen molar-refractivity contribution in [3.8, 4) is 0 Å². The number of sulfonamides is 1. The third-order valence-corrected chi connectivity index (χ3v) is 4.64. The molecule has 0 aliphatic heterocycles. The Bertz CT molecular complexity index is 989. The molecule has 0 fully saturated rings. The van der Waals surface area contributed by atoms with Gasteiger partial charge in [0.2, 0.25) is 0 Å². The molecule has 0 amide bonds. The van der Waals surface area contributed by atoms with Crippen LogP contribution in [-0.2, 0) is 10.0 Å². The summed E-state index contributed by atoms with van der Waals surface area (Å²) in [5, 5.41) is 0.780. The van der Waals surface area contributed by atoms with E-state index in [2.05, 4.69) is 9.71 Å². The highest BCUT2D eigenvalue weighted by Gasteiger charge is 2.18. The molecule has 23 heavy (non-hydrogen) atoms. The van der Waals surface area contributed by atoms with E-state index in [-0.39, 0.29) is 10.8 Å². The molecule has 3 aromatic rings. The number of nitrogens with zero attached hydrogens (tertiary/aromatic N) is 1. The average molecular weight is 355 g/mol. The minimum Gasteiger partial charge on any atom is -0.279 e. The van der Waals surface area contributed by atoms with Gasteiger partial charge in [-0.05, 0) is 36.4 Å². The predicted octanol–water partition coefficient (Wildman–Crippen LogP) is 3.97. The maximum Gasteiger partial charge on any atom is 0.262 e. The van der Waals surface area contributed by atoms with Crippen molar-refractivity contribution in [1.82, 2.24) is 4.98 Å². The molecule has 0 bridgehead atoms. The van der Waals surface area contributed by atoms with Crippen molar-refractivity contribution < 1.29 is 17.2 Å². The molecular weight excluding hydrogens is 346 g/mol. The van der Waals surface area contributed by atoms with Crippen LogP contribution in [0.25, 0.3) is 10.9 Å². The Morgan fingerprint density at radius 1 is 1.00 bits per heavy atom. The molecule has 1 heterocycles. The Morgan fingerprint density at radius 3 is 2.39 bits per heavy atom. The van der Waals surface area contributed by atoms with Crippen molar-refractivity contribution in [2.75, 3.05) is 4.72 Å². The Kier molecular flexibility index (Phi) is 3.91. The van der Waals surface area contributed by atoms with Gasteiger partial charge in [-0.1, -0.05) is 17.7 Å². The van der Waals surface area contributed by atoms with Gasteiger partial charge in [-0.15, -0.1) is 0 Å². The van der Waals surface area contributed by atoms with Gasteiger partial charge in [0, 0.05) is 11.5 Å². The highest BCUT2D eigenvalue weighted by molar-refractivity contribution is 7.92. The first kappa shape index (κ1) is 15.6. The molecule has 1 aromatic heterocycles. The van der Waals surface area contributed by atoms with Crippen LogP contribution in [0, 0.1) is 11.6 Å². The number of benzene rings is 2. The molecule has 0 saturated heterocycles. The van der Waals surface area contributed by atoms with Gasteiger partial charge in [0.25, 0.3) is 10.0 Å². The lowest BCUT2D eigenvalue weighted by atomic mass is 10.2. The molecule has 0 spiro atoms. The van der Waals surface area contributed by atoms with Crippen molar-refractivity contribution >= 4 is 38.2 Å². The minimum atomic E-state index is -4.15. The first-order valence-electron chi connectivity index (χ1n) is 6.39. The Labute approximate surface area is 135 Å². The van der Waals surface area contributed by atoms with Crippen molar-refractivity contribution in [2.24, 2.45) is 0 Å². The first-order valence-corrected chi connectivity index (χ1v) is 8.25. The van der Waals surface area contributed by atoms with E-state index in [1.807, 2.05) is 0 Å². The Morgan fingerprint density at radius 2 is 1.70 bits per heavy atom. The summed E-state index contributed by atoms with van der Waals surface area (Å²) in [6.07, 6.45) is 0. The summed E-state index contributed by atoms with van der Waals surface area (Å²) < 4.78 is 53.4. The normalized spacial score (nSPS) is 11.6. The number of halogens is 3. The molecule has 118 valence electrons. The molecule has 0 aliphatic carbocycles. The van der Waals surface area contributed by atoms with Crippen LogP contribution in [-0.4, -0.2) is 13.4 Å². The van der Waals surface area contributed by atoms with E-state index in [0.717, 1.165) is 12.1 Å². The van der Waals surface area contributed by atoms with Gasteiger partial charge in [0.1, 0.15) is 16.8 Å². The molecule has 2 aromatic carbocycles. The van der Waals surface area contributed by atoms with Crippen LogP contribution in [0.1, 0.15) is 0 Å². The third kappa shape index (κ3) is 3.25. The summed E-state index contributed by atoms with van der Waals surface area (Å²) >= 11 is 5.80. The molecule has 0 unspecified atom stereocenters. The zero-order valence-corrected chi connectivity index (χ0v) is 13.0. The second-order valence-corrected chi connectivity index (χ2v) is 6.79. The second-order valence-electron chi connectivity index (χ2n) is 4.72. The molecule has 8 heteroatoms. The van der Waals surface area contributed by atoms with Crippen LogP contribution < -0.4 is 4.72 Å². The number of pyridine rings is 1. The van der Waals surface area contributed by atoms with Crippen molar-refractivity contribution in [1.29, 1.82) is 0 Å². The summed E-state index contributed by atoms with van der Waals surface area (Å²) in [5.41, 5.74) is 0.722. The maximum absolute atomic E-state index is 13.2. The molecule has 4 nitrogen and oxygen atoms in total. The number of fused-ring (bicyclic) bond motifs is 1. The molecule has 3 rings (SSSR count). The number of rotatable bonds is 3. The predicted molar refractivity (Wildman–Crippen MR) is 83.9 cm³/mol. The van der Waals surface area contributed by atoms with Gasteiger partial charge in [-0.2, -0.15) is 0 Å². The van der Waals surface area contributed by atoms with Crippen LogP contribution >= 0.6 is 11.6 Å². The Hall–Kier alpha value is -2.25. The van der Waals surface area contributed by atoms with Gasteiger partial charge < -0.3 is 0 Å². The fourth-order valence-corrected chi connectivity index (χ4v) is 3.38. The van der Waals surface area contributed by atoms with Crippen molar-refractivity contribution in [3.63, 3.8) is 0 Å². The number of nitrogens with one attached hydrogen (secondary N) is 1. The highest BCUT2D eigenvalue weighted by atomic mass is 35.5. The lowest BCUT2D eigenvalue weighted by Gasteiger charge is -2.11. The van der Waals surface area contributed by atoms with E-state index in [1.165, 1.54) is 12.1 Å². The molecular formula is C15H9ClF2N2O2S. The summed E-state index contributed by atoms with van der Waals surface area (Å²) in [5.74, 6) is -1.95. The summed E-state index contributed by atoms with van der Waals surface area (Å²) in [6.45, 7) is 0. The van der Waals surface area contributed by atoms with Gasteiger partial charge in [0.05, 0.1) is 16.1 Å². The quantitative estimate of drug-likeness (QED) is 0.724. The van der Waals surface area contributed by atoms with Crippen molar-refractivity contribution in [3.05, 3.63) is 65.3 Å². The SMILES string of the molecule is O=S(=O)(Nc1cccc2nc(Cl)ccc12)c1cc(F)cc(F)c1. The number of hydrogen-bond donors (Lipinski definition) is 1. The van der Waals surface area contributed by atoms with Crippen LogP contribution in [0.3, 0.4) is 0 Å². The zero-order valence-electron chi connectivity index (χ0n) is 11.4. The van der Waals surface area contributed by atoms with E-state index in [9.17, 15) is 17.2 Å². The minimum absolute atomic E-state index is 0.233. The monoisotopic (exact) mass is 354 g/mol. The van der Waals surface area contributed by atoms with Crippen molar-refractivity contribution in [2.45, 2.75) is 4.90 Å².